The molecule has 0 aliphatic heterocycles. The molecule has 2 aromatic heterocycles. The number of aliphatic hydroxyl groups is 1. The van der Waals surface area contributed by atoms with Crippen molar-refractivity contribution in [1.82, 2.24) is 14.8 Å². The molecule has 4 aromatic rings. The van der Waals surface area contributed by atoms with Crippen molar-refractivity contribution in [3.63, 3.8) is 0 Å². The quantitative estimate of drug-likeness (QED) is 0.403. The van der Waals surface area contributed by atoms with Crippen LogP contribution in [0.25, 0.3) is 11.6 Å². The fourth-order valence-corrected chi connectivity index (χ4v) is 3.85. The van der Waals surface area contributed by atoms with Crippen molar-refractivity contribution in [2.75, 3.05) is 12.4 Å². The number of furan rings is 1. The highest BCUT2D eigenvalue weighted by Gasteiger charge is 2.18. The maximum Gasteiger partial charge on any atom is 0.200 e. The number of rotatable bonds is 9. The zero-order valence-corrected chi connectivity index (χ0v) is 17.5. The molecule has 0 saturated carbocycles. The van der Waals surface area contributed by atoms with E-state index in [1.807, 2.05) is 66.1 Å². The van der Waals surface area contributed by atoms with Gasteiger partial charge in [-0.25, -0.2) is 0 Å². The van der Waals surface area contributed by atoms with Crippen LogP contribution in [0.5, 0.6) is 5.75 Å². The maximum absolute atomic E-state index is 10.4. The lowest BCUT2D eigenvalue weighted by atomic mass is 10.2. The number of ether oxygens (including phenoxy) is 1. The van der Waals surface area contributed by atoms with Gasteiger partial charge in [-0.1, -0.05) is 54.2 Å². The van der Waals surface area contributed by atoms with Gasteiger partial charge in [0.05, 0.1) is 18.9 Å². The Balaban J connectivity index is 1.44. The van der Waals surface area contributed by atoms with E-state index < -0.39 is 6.10 Å². The minimum absolute atomic E-state index is 0.217. The summed E-state index contributed by atoms with van der Waals surface area (Å²) in [5, 5.41) is 19.8. The number of hydrogen-bond acceptors (Lipinski definition) is 6. The molecule has 0 amide bonds. The zero-order chi connectivity index (χ0) is 20.8. The van der Waals surface area contributed by atoms with Crippen LogP contribution in [0.15, 0.2) is 82.6 Å². The third kappa shape index (κ3) is 5.11. The smallest absolute Gasteiger partial charge is 0.200 e. The summed E-state index contributed by atoms with van der Waals surface area (Å²) in [5.41, 5.74) is 2.26. The Morgan fingerprint density at radius 2 is 1.93 bits per heavy atom. The molecule has 0 radical (unpaired) electrons. The van der Waals surface area contributed by atoms with Gasteiger partial charge in [0, 0.05) is 5.75 Å². The third-order valence-corrected chi connectivity index (χ3v) is 5.59. The van der Waals surface area contributed by atoms with Gasteiger partial charge in [0.1, 0.15) is 12.4 Å². The first-order chi connectivity index (χ1) is 14.7. The van der Waals surface area contributed by atoms with Crippen molar-refractivity contribution in [2.45, 2.75) is 24.7 Å². The largest absolute Gasteiger partial charge is 0.491 e. The molecular formula is C23H23N3O3S. The van der Waals surface area contributed by atoms with Crippen LogP contribution in [-0.2, 0) is 6.54 Å². The Morgan fingerprint density at radius 3 is 2.70 bits per heavy atom. The Kier molecular flexibility index (Phi) is 6.51. The lowest BCUT2D eigenvalue weighted by molar-refractivity contribution is 0.126. The fraction of sp³-hybridized carbons (Fsp3) is 0.217. The number of aliphatic hydroxyl groups excluding tert-OH is 1. The Bertz CT molecular complexity index is 1060. The molecule has 6 nitrogen and oxygen atoms in total. The van der Waals surface area contributed by atoms with Crippen LogP contribution in [0, 0.1) is 6.92 Å². The first-order valence-corrected chi connectivity index (χ1v) is 10.7. The number of thioether (sulfide) groups is 1. The van der Waals surface area contributed by atoms with Crippen molar-refractivity contribution in [3.05, 3.63) is 84.1 Å². The van der Waals surface area contributed by atoms with E-state index in [-0.39, 0.29) is 6.61 Å². The first-order valence-electron chi connectivity index (χ1n) is 9.70. The number of nitrogens with zero attached hydrogens (tertiary/aromatic N) is 3. The van der Waals surface area contributed by atoms with Crippen molar-refractivity contribution in [2.24, 2.45) is 0 Å². The maximum atomic E-state index is 10.4. The topological polar surface area (TPSA) is 73.3 Å². The summed E-state index contributed by atoms with van der Waals surface area (Å²) in [5.74, 6) is 2.52. The average molecular weight is 422 g/mol. The van der Waals surface area contributed by atoms with Crippen molar-refractivity contribution in [3.8, 4) is 17.3 Å². The molecule has 7 heteroatoms. The molecule has 1 atom stereocenters. The molecule has 4 rings (SSSR count). The van der Waals surface area contributed by atoms with Crippen molar-refractivity contribution < 1.29 is 14.3 Å². The molecule has 0 fully saturated rings. The van der Waals surface area contributed by atoms with E-state index in [1.54, 1.807) is 6.26 Å². The van der Waals surface area contributed by atoms with E-state index in [0.29, 0.717) is 23.9 Å². The number of benzene rings is 2. The molecular weight excluding hydrogens is 398 g/mol. The van der Waals surface area contributed by atoms with Gasteiger partial charge in [0.25, 0.3) is 0 Å². The van der Waals surface area contributed by atoms with Crippen LogP contribution in [0.3, 0.4) is 0 Å². The highest BCUT2D eigenvalue weighted by Crippen LogP contribution is 2.26. The minimum atomic E-state index is -0.635. The van der Waals surface area contributed by atoms with Gasteiger partial charge < -0.3 is 14.3 Å². The van der Waals surface area contributed by atoms with E-state index in [9.17, 15) is 5.11 Å². The molecule has 30 heavy (non-hydrogen) atoms. The summed E-state index contributed by atoms with van der Waals surface area (Å²) >= 11 is 1.45. The monoisotopic (exact) mass is 421 g/mol. The zero-order valence-electron chi connectivity index (χ0n) is 16.6. The minimum Gasteiger partial charge on any atom is -0.491 e. The highest BCUT2D eigenvalue weighted by molar-refractivity contribution is 7.99. The average Bonchev–Trinajstić information content (AvgIpc) is 3.42. The lowest BCUT2D eigenvalue weighted by Crippen LogP contribution is -2.20. The van der Waals surface area contributed by atoms with Crippen molar-refractivity contribution >= 4 is 11.8 Å². The van der Waals surface area contributed by atoms with Gasteiger partial charge >= 0.3 is 0 Å². The van der Waals surface area contributed by atoms with Crippen LogP contribution in [-0.4, -0.2) is 38.3 Å². The summed E-state index contributed by atoms with van der Waals surface area (Å²) in [7, 11) is 0. The Hall–Kier alpha value is -3.03. The fourth-order valence-electron chi connectivity index (χ4n) is 3.01. The second kappa shape index (κ2) is 9.65. The van der Waals surface area contributed by atoms with Crippen LogP contribution < -0.4 is 4.74 Å². The van der Waals surface area contributed by atoms with Crippen LogP contribution in [0.4, 0.5) is 0 Å². The predicted octanol–water partition coefficient (Wildman–Crippen LogP) is 4.43. The predicted molar refractivity (Wildman–Crippen MR) is 117 cm³/mol. The summed E-state index contributed by atoms with van der Waals surface area (Å²) in [4.78, 5) is 0. The van der Waals surface area contributed by atoms with Crippen LogP contribution in [0.2, 0.25) is 0 Å². The number of aromatic nitrogens is 3. The second-order valence-corrected chi connectivity index (χ2v) is 7.93. The molecule has 1 N–H and O–H groups in total. The number of aryl methyl sites for hydroxylation is 1. The van der Waals surface area contributed by atoms with E-state index >= 15 is 0 Å². The molecule has 0 spiro atoms. The van der Waals surface area contributed by atoms with Gasteiger partial charge in [-0.15, -0.1) is 10.2 Å². The summed E-state index contributed by atoms with van der Waals surface area (Å²) in [6, 6.07) is 21.6. The van der Waals surface area contributed by atoms with Gasteiger partial charge in [-0.3, -0.25) is 4.57 Å². The second-order valence-electron chi connectivity index (χ2n) is 6.95. The highest BCUT2D eigenvalue weighted by atomic mass is 32.2. The van der Waals surface area contributed by atoms with Gasteiger partial charge in [0.15, 0.2) is 10.9 Å². The lowest BCUT2D eigenvalue weighted by Gasteiger charge is -2.13. The molecule has 0 bridgehead atoms. The first kappa shape index (κ1) is 20.3. The van der Waals surface area contributed by atoms with Crippen molar-refractivity contribution in [1.29, 1.82) is 0 Å². The molecule has 154 valence electrons. The van der Waals surface area contributed by atoms with E-state index in [0.717, 1.165) is 22.0 Å². The summed E-state index contributed by atoms with van der Waals surface area (Å²) in [6.07, 6.45) is 0.986. The summed E-state index contributed by atoms with van der Waals surface area (Å²) in [6.45, 7) is 2.84. The van der Waals surface area contributed by atoms with Gasteiger partial charge in [0.2, 0.25) is 5.82 Å². The van der Waals surface area contributed by atoms with E-state index in [2.05, 4.69) is 22.3 Å². The normalized spacial score (nSPS) is 12.1. The molecule has 0 saturated heterocycles. The SMILES string of the molecule is Cc1cccc(OCC(O)CSc2nnc(-c3ccco3)n2Cc2ccccc2)c1. The number of hydrogen-bond donors (Lipinski definition) is 1. The van der Waals surface area contributed by atoms with E-state index in [4.69, 9.17) is 9.15 Å². The van der Waals surface area contributed by atoms with Gasteiger partial charge in [-0.05, 0) is 42.3 Å². The van der Waals surface area contributed by atoms with Crippen LogP contribution >= 0.6 is 11.8 Å². The Labute approximate surface area is 179 Å². The Morgan fingerprint density at radius 1 is 1.07 bits per heavy atom. The van der Waals surface area contributed by atoms with E-state index in [1.165, 1.54) is 11.8 Å². The van der Waals surface area contributed by atoms with Crippen LogP contribution in [0.1, 0.15) is 11.1 Å². The molecule has 1 unspecified atom stereocenters. The molecule has 0 aliphatic carbocycles. The molecule has 2 aromatic carbocycles. The molecule has 2 heterocycles. The summed E-state index contributed by atoms with van der Waals surface area (Å²) < 4.78 is 13.2. The molecule has 0 aliphatic rings. The standard InChI is InChI=1S/C23H23N3O3S/c1-17-7-5-10-20(13-17)29-15-19(27)16-30-23-25-24-22(21-11-6-12-28-21)26(23)14-18-8-3-2-4-9-18/h2-13,19,27H,14-16H2,1H3. The third-order valence-electron chi connectivity index (χ3n) is 4.48. The van der Waals surface area contributed by atoms with Gasteiger partial charge in [-0.2, -0.15) is 0 Å².